The number of nitro groups is 1. The first kappa shape index (κ1) is 17.1. The summed E-state index contributed by atoms with van der Waals surface area (Å²) in [6.45, 7) is 3.87. The Labute approximate surface area is 156 Å². The van der Waals surface area contributed by atoms with Gasteiger partial charge in [0.15, 0.2) is 0 Å². The minimum atomic E-state index is -0.351. The highest BCUT2D eigenvalue weighted by atomic mass is 16.6. The number of pyridine rings is 1. The van der Waals surface area contributed by atoms with E-state index in [1.165, 1.54) is 6.07 Å². The van der Waals surface area contributed by atoms with Crippen LogP contribution in [0.1, 0.15) is 19.8 Å². The van der Waals surface area contributed by atoms with Gasteiger partial charge in [0.2, 0.25) is 5.82 Å². The summed E-state index contributed by atoms with van der Waals surface area (Å²) < 4.78 is 5.26. The molecule has 3 heterocycles. The van der Waals surface area contributed by atoms with Gasteiger partial charge in [-0.3, -0.25) is 15.1 Å². The number of hydrogen-bond donors (Lipinski definition) is 0. The second kappa shape index (κ2) is 7.14. The lowest BCUT2D eigenvalue weighted by Crippen LogP contribution is -2.33. The molecule has 27 heavy (non-hydrogen) atoms. The minimum absolute atomic E-state index is 0.0613. The van der Waals surface area contributed by atoms with Gasteiger partial charge in [-0.1, -0.05) is 18.1 Å². The summed E-state index contributed by atoms with van der Waals surface area (Å²) in [5, 5.41) is 15.6. The van der Waals surface area contributed by atoms with Crippen LogP contribution in [-0.2, 0) is 0 Å². The quantitative estimate of drug-likeness (QED) is 0.510. The van der Waals surface area contributed by atoms with E-state index >= 15 is 0 Å². The van der Waals surface area contributed by atoms with Crippen molar-refractivity contribution in [3.63, 3.8) is 0 Å². The number of nitro benzene ring substituents is 1. The molecular formula is C19H19N5O3. The number of piperidine rings is 1. The predicted molar refractivity (Wildman–Crippen MR) is 100 cm³/mol. The van der Waals surface area contributed by atoms with Crippen molar-refractivity contribution in [2.75, 3.05) is 18.0 Å². The Balaban J connectivity index is 1.66. The molecule has 1 aliphatic heterocycles. The third kappa shape index (κ3) is 3.51. The summed E-state index contributed by atoms with van der Waals surface area (Å²) in [6.07, 6.45) is 3.71. The standard InChI is InChI=1S/C19H19N5O3/c1-13-7-10-23(11-8-13)16-6-5-14(12-17(16)24(25)26)18-21-19(27-22-18)15-4-2-3-9-20-15/h2-6,9,12-13H,7-8,10-11H2,1H3. The molecule has 0 aliphatic carbocycles. The molecule has 0 radical (unpaired) electrons. The van der Waals surface area contributed by atoms with Gasteiger partial charge < -0.3 is 9.42 Å². The first-order chi connectivity index (χ1) is 13.1. The summed E-state index contributed by atoms with van der Waals surface area (Å²) in [4.78, 5) is 21.9. The molecule has 0 unspecified atom stereocenters. The molecule has 0 bridgehead atoms. The van der Waals surface area contributed by atoms with Gasteiger partial charge in [-0.15, -0.1) is 0 Å². The zero-order valence-electron chi connectivity index (χ0n) is 14.9. The average Bonchev–Trinajstić information content (AvgIpc) is 3.19. The van der Waals surface area contributed by atoms with Crippen LogP contribution in [0.2, 0.25) is 0 Å². The lowest BCUT2D eigenvalue weighted by atomic mass is 9.98. The maximum Gasteiger partial charge on any atom is 0.293 e. The molecule has 138 valence electrons. The summed E-state index contributed by atoms with van der Waals surface area (Å²) in [7, 11) is 0. The topological polar surface area (TPSA) is 98.2 Å². The number of hydrogen-bond acceptors (Lipinski definition) is 7. The molecule has 0 amide bonds. The van der Waals surface area contributed by atoms with Crippen molar-refractivity contribution in [1.29, 1.82) is 0 Å². The monoisotopic (exact) mass is 365 g/mol. The summed E-state index contributed by atoms with van der Waals surface area (Å²) >= 11 is 0. The van der Waals surface area contributed by atoms with E-state index in [-0.39, 0.29) is 16.5 Å². The van der Waals surface area contributed by atoms with E-state index in [9.17, 15) is 10.1 Å². The molecule has 1 aromatic carbocycles. The van der Waals surface area contributed by atoms with Gasteiger partial charge in [-0.2, -0.15) is 4.98 Å². The van der Waals surface area contributed by atoms with Crippen molar-refractivity contribution in [1.82, 2.24) is 15.1 Å². The largest absolute Gasteiger partial charge is 0.366 e. The zero-order chi connectivity index (χ0) is 18.8. The molecule has 1 fully saturated rings. The number of rotatable bonds is 4. The van der Waals surface area contributed by atoms with E-state index in [0.717, 1.165) is 25.9 Å². The molecule has 0 N–H and O–H groups in total. The number of nitrogens with zero attached hydrogens (tertiary/aromatic N) is 5. The Kier molecular flexibility index (Phi) is 4.53. The lowest BCUT2D eigenvalue weighted by Gasteiger charge is -2.31. The van der Waals surface area contributed by atoms with E-state index in [0.29, 0.717) is 28.7 Å². The molecule has 0 saturated carbocycles. The lowest BCUT2D eigenvalue weighted by molar-refractivity contribution is -0.384. The van der Waals surface area contributed by atoms with Gasteiger partial charge >= 0.3 is 0 Å². The van der Waals surface area contributed by atoms with Crippen molar-refractivity contribution in [3.05, 3.63) is 52.7 Å². The SMILES string of the molecule is CC1CCN(c2ccc(-c3noc(-c4ccccn4)n3)cc2[N+](=O)[O-])CC1. The Morgan fingerprint density at radius 1 is 1.22 bits per heavy atom. The summed E-state index contributed by atoms with van der Waals surface area (Å²) in [6, 6.07) is 10.5. The molecule has 1 saturated heterocycles. The average molecular weight is 365 g/mol. The van der Waals surface area contributed by atoms with E-state index in [4.69, 9.17) is 4.52 Å². The first-order valence-electron chi connectivity index (χ1n) is 8.90. The van der Waals surface area contributed by atoms with Gasteiger partial charge in [0.25, 0.3) is 11.6 Å². The van der Waals surface area contributed by atoms with Gasteiger partial charge in [0, 0.05) is 30.9 Å². The third-order valence-electron chi connectivity index (χ3n) is 4.86. The normalized spacial score (nSPS) is 15.1. The van der Waals surface area contributed by atoms with E-state index in [2.05, 4.69) is 26.9 Å². The Morgan fingerprint density at radius 2 is 2.04 bits per heavy atom. The van der Waals surface area contributed by atoms with Gasteiger partial charge in [0.05, 0.1) is 4.92 Å². The number of benzene rings is 1. The van der Waals surface area contributed by atoms with E-state index < -0.39 is 0 Å². The number of aromatic nitrogens is 3. The minimum Gasteiger partial charge on any atom is -0.366 e. The van der Waals surface area contributed by atoms with E-state index in [1.54, 1.807) is 30.5 Å². The fourth-order valence-corrected chi connectivity index (χ4v) is 3.26. The Hall–Kier alpha value is -3.29. The number of anilines is 1. The predicted octanol–water partition coefficient (Wildman–Crippen LogP) is 3.94. The van der Waals surface area contributed by atoms with Crippen LogP contribution >= 0.6 is 0 Å². The van der Waals surface area contributed by atoms with Crippen molar-refractivity contribution in [2.24, 2.45) is 5.92 Å². The fourth-order valence-electron chi connectivity index (χ4n) is 3.26. The third-order valence-corrected chi connectivity index (χ3v) is 4.86. The van der Waals surface area contributed by atoms with Gasteiger partial charge in [-0.25, -0.2) is 0 Å². The molecule has 0 spiro atoms. The fraction of sp³-hybridized carbons (Fsp3) is 0.316. The molecule has 4 rings (SSSR count). The summed E-state index contributed by atoms with van der Waals surface area (Å²) in [5.41, 5.74) is 1.81. The highest BCUT2D eigenvalue weighted by Crippen LogP contribution is 2.34. The maximum atomic E-state index is 11.6. The molecular weight excluding hydrogens is 346 g/mol. The highest BCUT2D eigenvalue weighted by molar-refractivity contribution is 5.71. The van der Waals surface area contributed by atoms with E-state index in [1.807, 2.05) is 6.07 Å². The maximum absolute atomic E-state index is 11.6. The van der Waals surface area contributed by atoms with Crippen LogP contribution in [0.4, 0.5) is 11.4 Å². The van der Waals surface area contributed by atoms with Crippen LogP contribution in [-0.4, -0.2) is 33.1 Å². The van der Waals surface area contributed by atoms with Crippen LogP contribution < -0.4 is 4.90 Å². The Morgan fingerprint density at radius 3 is 2.74 bits per heavy atom. The second-order valence-electron chi connectivity index (χ2n) is 6.77. The van der Waals surface area contributed by atoms with Crippen molar-refractivity contribution in [3.8, 4) is 23.0 Å². The van der Waals surface area contributed by atoms with Crippen LogP contribution in [0.25, 0.3) is 23.0 Å². The van der Waals surface area contributed by atoms with Crippen LogP contribution in [0, 0.1) is 16.0 Å². The molecule has 0 atom stereocenters. The molecule has 2 aromatic heterocycles. The molecule has 3 aromatic rings. The molecule has 1 aliphatic rings. The first-order valence-corrected chi connectivity index (χ1v) is 8.90. The smallest absolute Gasteiger partial charge is 0.293 e. The molecule has 8 heteroatoms. The summed E-state index contributed by atoms with van der Waals surface area (Å²) in [5.74, 6) is 1.24. The van der Waals surface area contributed by atoms with Crippen molar-refractivity contribution in [2.45, 2.75) is 19.8 Å². The van der Waals surface area contributed by atoms with Crippen LogP contribution in [0.5, 0.6) is 0 Å². The van der Waals surface area contributed by atoms with Crippen molar-refractivity contribution >= 4 is 11.4 Å². The second-order valence-corrected chi connectivity index (χ2v) is 6.77. The zero-order valence-corrected chi connectivity index (χ0v) is 14.9. The Bertz CT molecular complexity index is 949. The van der Waals surface area contributed by atoms with Crippen LogP contribution in [0.15, 0.2) is 47.1 Å². The van der Waals surface area contributed by atoms with Gasteiger partial charge in [-0.05, 0) is 43.0 Å². The van der Waals surface area contributed by atoms with Crippen LogP contribution in [0.3, 0.4) is 0 Å². The highest BCUT2D eigenvalue weighted by Gasteiger charge is 2.25. The van der Waals surface area contributed by atoms with Gasteiger partial charge in [0.1, 0.15) is 11.4 Å². The molecule has 8 nitrogen and oxygen atoms in total. The van der Waals surface area contributed by atoms with Crippen molar-refractivity contribution < 1.29 is 9.45 Å².